The molecule has 0 bridgehead atoms. The summed E-state index contributed by atoms with van der Waals surface area (Å²) in [4.78, 5) is 2.39. The number of hydrogen-bond donors (Lipinski definition) is 2. The number of fused-ring (bicyclic) bond motifs is 3. The third-order valence-corrected chi connectivity index (χ3v) is 4.97. The number of benzene rings is 2. The normalized spacial score (nSPS) is 18.0. The Morgan fingerprint density at radius 2 is 1.74 bits per heavy atom. The smallest absolute Gasteiger partial charge is 0.0628 e. The number of piperazine rings is 1. The first-order chi connectivity index (χ1) is 10.9. The minimum atomic E-state index is 0. The van der Waals surface area contributed by atoms with Gasteiger partial charge in [-0.25, -0.2) is 0 Å². The summed E-state index contributed by atoms with van der Waals surface area (Å²) in [6.45, 7) is 4.20. The molecule has 3 nitrogen and oxygen atoms in total. The van der Waals surface area contributed by atoms with Crippen LogP contribution in [0.25, 0.3) is 11.1 Å². The summed E-state index contributed by atoms with van der Waals surface area (Å²) < 4.78 is 0. The summed E-state index contributed by atoms with van der Waals surface area (Å²) in [7, 11) is 0. The lowest BCUT2D eigenvalue weighted by Crippen LogP contribution is -2.46. The number of aliphatic hydroxyl groups excluding tert-OH is 1. The van der Waals surface area contributed by atoms with Gasteiger partial charge in [0.05, 0.1) is 12.6 Å². The minimum Gasteiger partial charge on any atom is -0.394 e. The fourth-order valence-corrected chi connectivity index (χ4v) is 3.80. The molecule has 0 aromatic heterocycles. The number of aliphatic hydroxyl groups is 1. The highest BCUT2D eigenvalue weighted by Gasteiger charge is 2.24. The number of hydrogen-bond acceptors (Lipinski definition) is 3. The molecule has 0 amide bonds. The van der Waals surface area contributed by atoms with E-state index in [0.717, 1.165) is 32.6 Å². The van der Waals surface area contributed by atoms with E-state index in [4.69, 9.17) is 0 Å². The second kappa shape index (κ2) is 7.02. The van der Waals surface area contributed by atoms with Gasteiger partial charge in [0.25, 0.3) is 0 Å². The van der Waals surface area contributed by atoms with Gasteiger partial charge in [-0.15, -0.1) is 12.4 Å². The predicted octanol–water partition coefficient (Wildman–Crippen LogP) is 2.62. The van der Waals surface area contributed by atoms with Gasteiger partial charge in [-0.3, -0.25) is 4.90 Å². The molecule has 1 heterocycles. The molecule has 0 saturated carbocycles. The summed E-state index contributed by atoms with van der Waals surface area (Å²) >= 11 is 0. The van der Waals surface area contributed by atoms with Crippen LogP contribution in [0.5, 0.6) is 0 Å². The van der Waals surface area contributed by atoms with Gasteiger partial charge in [-0.2, -0.15) is 0 Å². The number of halogens is 1. The van der Waals surface area contributed by atoms with Crippen molar-refractivity contribution in [3.05, 3.63) is 59.2 Å². The molecule has 122 valence electrons. The van der Waals surface area contributed by atoms with E-state index in [1.165, 1.54) is 27.8 Å². The van der Waals surface area contributed by atoms with Gasteiger partial charge in [0, 0.05) is 26.2 Å². The van der Waals surface area contributed by atoms with Gasteiger partial charge in [-0.05, 0) is 34.2 Å². The van der Waals surface area contributed by atoms with E-state index in [1.807, 2.05) is 0 Å². The van der Waals surface area contributed by atoms with E-state index < -0.39 is 0 Å². The van der Waals surface area contributed by atoms with Gasteiger partial charge in [0.2, 0.25) is 0 Å². The standard InChI is InChI=1S/C19H22N2O.ClH/c22-13-19(21-9-7-20-8-10-21)15-5-6-18-16(12-15)11-14-3-1-2-4-17(14)18;/h1-6,12,19-20,22H,7-11,13H2;1H/t19-;/m1./s1. The zero-order chi connectivity index (χ0) is 14.9. The first kappa shape index (κ1) is 16.5. The lowest BCUT2D eigenvalue weighted by Gasteiger charge is -2.34. The molecule has 2 aromatic rings. The van der Waals surface area contributed by atoms with Crippen molar-refractivity contribution in [3.8, 4) is 11.1 Å². The molecular formula is C19H23ClN2O. The third kappa shape index (κ3) is 3.02. The highest BCUT2D eigenvalue weighted by atomic mass is 35.5. The molecule has 23 heavy (non-hydrogen) atoms. The number of rotatable bonds is 3. The quantitative estimate of drug-likeness (QED) is 0.775. The van der Waals surface area contributed by atoms with Crippen LogP contribution in [0.2, 0.25) is 0 Å². The van der Waals surface area contributed by atoms with Crippen molar-refractivity contribution in [2.75, 3.05) is 32.8 Å². The Kier molecular flexibility index (Phi) is 5.02. The Morgan fingerprint density at radius 1 is 1.00 bits per heavy atom. The van der Waals surface area contributed by atoms with Crippen LogP contribution in [-0.2, 0) is 6.42 Å². The fourth-order valence-electron chi connectivity index (χ4n) is 3.80. The Bertz CT molecular complexity index is 683. The van der Waals surface area contributed by atoms with E-state index in [1.54, 1.807) is 0 Å². The van der Waals surface area contributed by atoms with E-state index in [2.05, 4.69) is 52.7 Å². The number of nitrogens with one attached hydrogen (secondary N) is 1. The summed E-state index contributed by atoms with van der Waals surface area (Å²) in [6, 6.07) is 15.5. The molecule has 2 aliphatic rings. The van der Waals surface area contributed by atoms with Crippen LogP contribution in [0.4, 0.5) is 0 Å². The van der Waals surface area contributed by atoms with Crippen molar-refractivity contribution < 1.29 is 5.11 Å². The van der Waals surface area contributed by atoms with Gasteiger partial charge < -0.3 is 10.4 Å². The second-order valence-electron chi connectivity index (χ2n) is 6.23. The van der Waals surface area contributed by atoms with Gasteiger partial charge in [0.15, 0.2) is 0 Å². The van der Waals surface area contributed by atoms with Crippen molar-refractivity contribution in [2.24, 2.45) is 0 Å². The first-order valence-corrected chi connectivity index (χ1v) is 8.13. The van der Waals surface area contributed by atoms with Crippen molar-refractivity contribution in [3.63, 3.8) is 0 Å². The van der Waals surface area contributed by atoms with E-state index in [-0.39, 0.29) is 25.1 Å². The Labute approximate surface area is 143 Å². The maximum atomic E-state index is 9.89. The largest absolute Gasteiger partial charge is 0.394 e. The van der Waals surface area contributed by atoms with Crippen LogP contribution >= 0.6 is 12.4 Å². The molecule has 1 saturated heterocycles. The Balaban J connectivity index is 0.00000156. The minimum absolute atomic E-state index is 0. The summed E-state index contributed by atoms with van der Waals surface area (Å²) in [6.07, 6.45) is 1.01. The van der Waals surface area contributed by atoms with Crippen LogP contribution in [0.3, 0.4) is 0 Å². The zero-order valence-electron chi connectivity index (χ0n) is 13.2. The van der Waals surface area contributed by atoms with Gasteiger partial charge in [-0.1, -0.05) is 42.5 Å². The van der Waals surface area contributed by atoms with Crippen LogP contribution in [0.15, 0.2) is 42.5 Å². The van der Waals surface area contributed by atoms with Crippen LogP contribution in [0, 0.1) is 0 Å². The summed E-state index contributed by atoms with van der Waals surface area (Å²) in [5.41, 5.74) is 6.78. The van der Waals surface area contributed by atoms with Crippen LogP contribution in [0.1, 0.15) is 22.7 Å². The maximum Gasteiger partial charge on any atom is 0.0628 e. The van der Waals surface area contributed by atoms with Crippen LogP contribution < -0.4 is 5.32 Å². The second-order valence-corrected chi connectivity index (χ2v) is 6.23. The monoisotopic (exact) mass is 330 g/mol. The Hall–Kier alpha value is -1.39. The fraction of sp³-hybridized carbons (Fsp3) is 0.368. The molecule has 4 rings (SSSR count). The molecule has 1 fully saturated rings. The zero-order valence-corrected chi connectivity index (χ0v) is 14.0. The lowest BCUT2D eigenvalue weighted by molar-refractivity contribution is 0.111. The van der Waals surface area contributed by atoms with Crippen molar-refractivity contribution in [2.45, 2.75) is 12.5 Å². The maximum absolute atomic E-state index is 9.89. The third-order valence-electron chi connectivity index (χ3n) is 4.97. The van der Waals surface area contributed by atoms with Gasteiger partial charge >= 0.3 is 0 Å². The lowest BCUT2D eigenvalue weighted by atomic mass is 9.98. The predicted molar refractivity (Wildman–Crippen MR) is 96.2 cm³/mol. The number of nitrogens with zero attached hydrogens (tertiary/aromatic N) is 1. The molecule has 1 aliphatic carbocycles. The summed E-state index contributed by atoms with van der Waals surface area (Å²) in [5.74, 6) is 0. The highest BCUT2D eigenvalue weighted by Crippen LogP contribution is 2.38. The van der Waals surface area contributed by atoms with Crippen LogP contribution in [-0.4, -0.2) is 42.8 Å². The molecule has 1 atom stereocenters. The van der Waals surface area contributed by atoms with Crippen molar-refractivity contribution in [1.29, 1.82) is 0 Å². The van der Waals surface area contributed by atoms with E-state index in [0.29, 0.717) is 0 Å². The van der Waals surface area contributed by atoms with Crippen molar-refractivity contribution >= 4 is 12.4 Å². The van der Waals surface area contributed by atoms with E-state index in [9.17, 15) is 5.11 Å². The summed E-state index contributed by atoms with van der Waals surface area (Å²) in [5, 5.41) is 13.3. The molecule has 2 aromatic carbocycles. The Morgan fingerprint density at radius 3 is 2.52 bits per heavy atom. The topological polar surface area (TPSA) is 35.5 Å². The van der Waals surface area contributed by atoms with Gasteiger partial charge in [0.1, 0.15) is 0 Å². The molecule has 4 heteroatoms. The highest BCUT2D eigenvalue weighted by molar-refractivity contribution is 5.85. The molecular weight excluding hydrogens is 308 g/mol. The molecule has 0 spiro atoms. The van der Waals surface area contributed by atoms with Crippen molar-refractivity contribution in [1.82, 2.24) is 10.2 Å². The van der Waals surface area contributed by atoms with E-state index >= 15 is 0 Å². The average Bonchev–Trinajstić information content (AvgIpc) is 2.94. The molecule has 0 radical (unpaired) electrons. The molecule has 1 aliphatic heterocycles. The first-order valence-electron chi connectivity index (χ1n) is 8.13. The SMILES string of the molecule is Cl.OC[C@H](c1ccc2c(c1)Cc1ccccc1-2)N1CCNCC1. The molecule has 0 unspecified atom stereocenters. The average molecular weight is 331 g/mol. The molecule has 2 N–H and O–H groups in total.